The zero-order chi connectivity index (χ0) is 16.4. The average molecular weight is 322 g/mol. The fourth-order valence-electron chi connectivity index (χ4n) is 3.17. The van der Waals surface area contributed by atoms with E-state index >= 15 is 0 Å². The van der Waals surface area contributed by atoms with Gasteiger partial charge in [-0.25, -0.2) is 0 Å². The second-order valence-corrected chi connectivity index (χ2v) is 6.01. The van der Waals surface area contributed by atoms with Crippen molar-refractivity contribution >= 4 is 5.95 Å². The first kappa shape index (κ1) is 14.7. The molecule has 1 fully saturated rings. The zero-order valence-corrected chi connectivity index (χ0v) is 13.2. The summed E-state index contributed by atoms with van der Waals surface area (Å²) in [5.41, 5.74) is 1.99. The van der Waals surface area contributed by atoms with Crippen molar-refractivity contribution in [1.29, 1.82) is 0 Å². The molecule has 1 saturated heterocycles. The van der Waals surface area contributed by atoms with Crippen LogP contribution in [0.3, 0.4) is 0 Å². The predicted octanol–water partition coefficient (Wildman–Crippen LogP) is 2.81. The van der Waals surface area contributed by atoms with Gasteiger partial charge in [0.05, 0.1) is 0 Å². The number of hydrogen-bond donors (Lipinski definition) is 1. The summed E-state index contributed by atoms with van der Waals surface area (Å²) in [5.74, 6) is 1.59. The maximum Gasteiger partial charge on any atom is 0.266 e. The van der Waals surface area contributed by atoms with Crippen molar-refractivity contribution in [1.82, 2.24) is 15.1 Å². The Morgan fingerprint density at radius 2 is 1.92 bits per heavy atom. The number of H-pyrrole nitrogens is 1. The molecular formula is C18H18N4O2. The van der Waals surface area contributed by atoms with Crippen molar-refractivity contribution in [2.24, 2.45) is 0 Å². The molecule has 4 rings (SSSR count). The third-order valence-corrected chi connectivity index (χ3v) is 4.48. The number of pyridine rings is 1. The fourth-order valence-corrected chi connectivity index (χ4v) is 3.17. The van der Waals surface area contributed by atoms with Crippen LogP contribution in [0.2, 0.25) is 0 Å². The Kier molecular flexibility index (Phi) is 3.86. The lowest BCUT2D eigenvalue weighted by molar-refractivity contribution is 0.423. The maximum atomic E-state index is 11.5. The molecule has 122 valence electrons. The number of aromatic nitrogens is 3. The van der Waals surface area contributed by atoms with Crippen LogP contribution in [-0.2, 0) is 0 Å². The predicted molar refractivity (Wildman–Crippen MR) is 91.0 cm³/mol. The van der Waals surface area contributed by atoms with Gasteiger partial charge >= 0.3 is 0 Å². The monoisotopic (exact) mass is 322 g/mol. The minimum atomic E-state index is -0.0411. The van der Waals surface area contributed by atoms with Crippen molar-refractivity contribution in [3.05, 3.63) is 64.6 Å². The van der Waals surface area contributed by atoms with Gasteiger partial charge in [0.2, 0.25) is 5.56 Å². The molecule has 6 heteroatoms. The third kappa shape index (κ3) is 2.95. The molecule has 1 aliphatic rings. The highest BCUT2D eigenvalue weighted by molar-refractivity contribution is 5.54. The van der Waals surface area contributed by atoms with Gasteiger partial charge in [0.25, 0.3) is 11.8 Å². The number of anilines is 1. The summed E-state index contributed by atoms with van der Waals surface area (Å²) < 4.78 is 5.38. The number of rotatable bonds is 3. The number of nitrogens with zero attached hydrogens (tertiary/aromatic N) is 3. The molecule has 0 atom stereocenters. The van der Waals surface area contributed by atoms with Crippen LogP contribution in [0.15, 0.2) is 58.0 Å². The summed E-state index contributed by atoms with van der Waals surface area (Å²) in [7, 11) is 0. The lowest BCUT2D eigenvalue weighted by atomic mass is 9.90. The van der Waals surface area contributed by atoms with Gasteiger partial charge in [-0.15, -0.1) is 0 Å². The SMILES string of the molecule is O=c1cc(C2CCN(c3noc(-c4ccccc4)n3)CC2)cc[nH]1. The van der Waals surface area contributed by atoms with E-state index in [1.54, 1.807) is 12.3 Å². The summed E-state index contributed by atoms with van der Waals surface area (Å²) in [4.78, 5) is 20.8. The van der Waals surface area contributed by atoms with Gasteiger partial charge in [-0.3, -0.25) is 4.79 Å². The van der Waals surface area contributed by atoms with E-state index in [1.165, 1.54) is 0 Å². The Balaban J connectivity index is 1.45. The van der Waals surface area contributed by atoms with E-state index in [2.05, 4.69) is 20.0 Å². The number of aromatic amines is 1. The Morgan fingerprint density at radius 3 is 2.67 bits per heavy atom. The van der Waals surface area contributed by atoms with Gasteiger partial charge in [-0.2, -0.15) is 4.98 Å². The van der Waals surface area contributed by atoms with Gasteiger partial charge in [0.1, 0.15) is 0 Å². The largest absolute Gasteiger partial charge is 0.338 e. The van der Waals surface area contributed by atoms with Crippen molar-refractivity contribution in [2.45, 2.75) is 18.8 Å². The highest BCUT2D eigenvalue weighted by atomic mass is 16.5. The molecule has 0 bridgehead atoms. The van der Waals surface area contributed by atoms with Crippen LogP contribution in [0, 0.1) is 0 Å². The quantitative estimate of drug-likeness (QED) is 0.802. The third-order valence-electron chi connectivity index (χ3n) is 4.48. The molecule has 2 aromatic heterocycles. The van der Waals surface area contributed by atoms with Crippen LogP contribution < -0.4 is 10.5 Å². The normalized spacial score (nSPS) is 15.6. The highest BCUT2D eigenvalue weighted by Gasteiger charge is 2.24. The molecule has 1 aromatic carbocycles. The minimum absolute atomic E-state index is 0.0411. The van der Waals surface area contributed by atoms with E-state index in [-0.39, 0.29) is 5.56 Å². The Morgan fingerprint density at radius 1 is 1.12 bits per heavy atom. The first-order valence-electron chi connectivity index (χ1n) is 8.12. The summed E-state index contributed by atoms with van der Waals surface area (Å²) in [5, 5.41) is 4.11. The molecule has 0 unspecified atom stereocenters. The van der Waals surface area contributed by atoms with Crippen molar-refractivity contribution in [2.75, 3.05) is 18.0 Å². The Hall–Kier alpha value is -2.89. The summed E-state index contributed by atoms with van der Waals surface area (Å²) in [6, 6.07) is 13.5. The summed E-state index contributed by atoms with van der Waals surface area (Å²) in [6.45, 7) is 1.70. The molecular weight excluding hydrogens is 304 g/mol. The van der Waals surface area contributed by atoms with E-state index in [1.807, 2.05) is 36.4 Å². The molecule has 0 radical (unpaired) electrons. The van der Waals surface area contributed by atoms with Crippen LogP contribution >= 0.6 is 0 Å². The number of benzene rings is 1. The topological polar surface area (TPSA) is 75.0 Å². The van der Waals surface area contributed by atoms with E-state index in [9.17, 15) is 4.79 Å². The highest BCUT2D eigenvalue weighted by Crippen LogP contribution is 2.29. The second-order valence-electron chi connectivity index (χ2n) is 6.01. The lowest BCUT2D eigenvalue weighted by Gasteiger charge is -2.30. The maximum absolute atomic E-state index is 11.5. The zero-order valence-electron chi connectivity index (χ0n) is 13.2. The van der Waals surface area contributed by atoms with Gasteiger partial charge in [0, 0.05) is 30.9 Å². The number of hydrogen-bond acceptors (Lipinski definition) is 5. The van der Waals surface area contributed by atoms with E-state index in [4.69, 9.17) is 4.52 Å². The Bertz CT molecular complexity index is 864. The van der Waals surface area contributed by atoms with Crippen molar-refractivity contribution < 1.29 is 4.52 Å². The van der Waals surface area contributed by atoms with Crippen molar-refractivity contribution in [3.63, 3.8) is 0 Å². The summed E-state index contributed by atoms with van der Waals surface area (Å²) in [6.07, 6.45) is 3.66. The fraction of sp³-hybridized carbons (Fsp3) is 0.278. The molecule has 1 N–H and O–H groups in total. The average Bonchev–Trinajstić information content (AvgIpc) is 3.13. The van der Waals surface area contributed by atoms with E-state index in [0.29, 0.717) is 17.8 Å². The molecule has 3 heterocycles. The van der Waals surface area contributed by atoms with Crippen LogP contribution in [0.5, 0.6) is 0 Å². The van der Waals surface area contributed by atoms with Gasteiger partial charge in [0.15, 0.2) is 0 Å². The smallest absolute Gasteiger partial charge is 0.266 e. The number of piperidine rings is 1. The molecule has 1 aliphatic heterocycles. The van der Waals surface area contributed by atoms with Gasteiger partial charge in [-0.05, 0) is 47.7 Å². The van der Waals surface area contributed by atoms with Crippen LogP contribution in [0.25, 0.3) is 11.5 Å². The van der Waals surface area contributed by atoms with Gasteiger partial charge < -0.3 is 14.4 Å². The van der Waals surface area contributed by atoms with Crippen LogP contribution in [0.4, 0.5) is 5.95 Å². The van der Waals surface area contributed by atoms with E-state index in [0.717, 1.165) is 37.1 Å². The first-order valence-corrected chi connectivity index (χ1v) is 8.12. The molecule has 0 spiro atoms. The van der Waals surface area contributed by atoms with Gasteiger partial charge in [-0.1, -0.05) is 18.2 Å². The first-order chi connectivity index (χ1) is 11.8. The molecule has 6 nitrogen and oxygen atoms in total. The minimum Gasteiger partial charge on any atom is -0.338 e. The number of nitrogens with one attached hydrogen (secondary N) is 1. The van der Waals surface area contributed by atoms with Crippen LogP contribution in [-0.4, -0.2) is 28.2 Å². The molecule has 0 aliphatic carbocycles. The standard InChI is InChI=1S/C18H18N4O2/c23-16-12-15(6-9-19-16)13-7-10-22(11-8-13)18-20-17(24-21-18)14-4-2-1-3-5-14/h1-6,9,12-13H,7-8,10-11H2,(H,19,23). The van der Waals surface area contributed by atoms with Crippen LogP contribution in [0.1, 0.15) is 24.3 Å². The van der Waals surface area contributed by atoms with Crippen molar-refractivity contribution in [3.8, 4) is 11.5 Å². The Labute approximate surface area is 139 Å². The second kappa shape index (κ2) is 6.31. The lowest BCUT2D eigenvalue weighted by Crippen LogP contribution is -2.33. The van der Waals surface area contributed by atoms with E-state index < -0.39 is 0 Å². The summed E-state index contributed by atoms with van der Waals surface area (Å²) >= 11 is 0. The molecule has 24 heavy (non-hydrogen) atoms. The molecule has 0 amide bonds. The molecule has 3 aromatic rings. The molecule has 0 saturated carbocycles.